The van der Waals surface area contributed by atoms with E-state index < -0.39 is 0 Å². The SMILES string of the molecule is Clc1nc(C2Cc3ccccc32)nc2c1CCCC2. The van der Waals surface area contributed by atoms with E-state index in [0.717, 1.165) is 25.1 Å². The quantitative estimate of drug-likeness (QED) is 0.739. The van der Waals surface area contributed by atoms with Crippen LogP contribution < -0.4 is 0 Å². The monoisotopic (exact) mass is 270 g/mol. The molecule has 4 rings (SSSR count). The van der Waals surface area contributed by atoms with E-state index in [-0.39, 0.29) is 0 Å². The minimum Gasteiger partial charge on any atom is -0.237 e. The summed E-state index contributed by atoms with van der Waals surface area (Å²) in [5, 5.41) is 0.684. The summed E-state index contributed by atoms with van der Waals surface area (Å²) < 4.78 is 0. The van der Waals surface area contributed by atoms with Gasteiger partial charge in [0.25, 0.3) is 0 Å². The zero-order valence-electron chi connectivity index (χ0n) is 10.7. The Labute approximate surface area is 117 Å². The van der Waals surface area contributed by atoms with Crippen LogP contribution in [0.1, 0.15) is 47.0 Å². The fourth-order valence-corrected chi connectivity index (χ4v) is 3.50. The number of hydrogen-bond donors (Lipinski definition) is 0. The number of hydrogen-bond acceptors (Lipinski definition) is 2. The average Bonchev–Trinajstić information content (AvgIpc) is 2.40. The third kappa shape index (κ3) is 1.78. The molecular formula is C16H15ClN2. The second-order valence-electron chi connectivity index (χ2n) is 5.46. The number of nitrogens with zero attached hydrogens (tertiary/aromatic N) is 2. The molecule has 0 saturated carbocycles. The van der Waals surface area contributed by atoms with Crippen LogP contribution in [-0.4, -0.2) is 9.97 Å². The Balaban J connectivity index is 1.76. The van der Waals surface area contributed by atoms with Crippen LogP contribution in [0.3, 0.4) is 0 Å². The summed E-state index contributed by atoms with van der Waals surface area (Å²) in [6.07, 6.45) is 5.57. The van der Waals surface area contributed by atoms with Crippen LogP contribution in [0.25, 0.3) is 0 Å². The molecule has 2 aliphatic carbocycles. The molecule has 1 aromatic heterocycles. The van der Waals surface area contributed by atoms with Crippen LogP contribution >= 0.6 is 11.6 Å². The number of rotatable bonds is 1. The van der Waals surface area contributed by atoms with Crippen molar-refractivity contribution < 1.29 is 0 Å². The maximum Gasteiger partial charge on any atom is 0.138 e. The number of fused-ring (bicyclic) bond motifs is 2. The van der Waals surface area contributed by atoms with Crippen molar-refractivity contribution >= 4 is 11.6 Å². The Morgan fingerprint density at radius 1 is 1.05 bits per heavy atom. The van der Waals surface area contributed by atoms with Gasteiger partial charge in [0.05, 0.1) is 0 Å². The molecule has 0 spiro atoms. The van der Waals surface area contributed by atoms with E-state index in [2.05, 4.69) is 29.2 Å². The van der Waals surface area contributed by atoms with Crippen molar-refractivity contribution in [3.63, 3.8) is 0 Å². The molecule has 1 aromatic carbocycles. The van der Waals surface area contributed by atoms with Gasteiger partial charge in [0.15, 0.2) is 0 Å². The van der Waals surface area contributed by atoms with Crippen molar-refractivity contribution in [2.24, 2.45) is 0 Å². The maximum absolute atomic E-state index is 6.35. The van der Waals surface area contributed by atoms with Gasteiger partial charge < -0.3 is 0 Å². The number of aryl methyl sites for hydroxylation is 1. The van der Waals surface area contributed by atoms with Gasteiger partial charge in [-0.3, -0.25) is 0 Å². The molecule has 0 fully saturated rings. The first-order valence-corrected chi connectivity index (χ1v) is 7.33. The Morgan fingerprint density at radius 3 is 2.79 bits per heavy atom. The lowest BCUT2D eigenvalue weighted by atomic mass is 9.77. The van der Waals surface area contributed by atoms with Crippen molar-refractivity contribution in [2.75, 3.05) is 0 Å². The lowest BCUT2D eigenvalue weighted by molar-refractivity contribution is 0.618. The van der Waals surface area contributed by atoms with E-state index in [1.165, 1.54) is 35.2 Å². The van der Waals surface area contributed by atoms with Gasteiger partial charge in [-0.2, -0.15) is 0 Å². The fraction of sp³-hybridized carbons (Fsp3) is 0.375. The smallest absolute Gasteiger partial charge is 0.138 e. The molecule has 1 unspecified atom stereocenters. The summed E-state index contributed by atoms with van der Waals surface area (Å²) >= 11 is 6.35. The summed E-state index contributed by atoms with van der Waals surface area (Å²) in [4.78, 5) is 9.36. The number of halogens is 1. The molecule has 0 amide bonds. The normalized spacial score (nSPS) is 20.4. The Hall–Kier alpha value is -1.41. The molecule has 3 heteroatoms. The Morgan fingerprint density at radius 2 is 1.89 bits per heavy atom. The molecule has 0 aliphatic heterocycles. The third-order valence-corrected chi connectivity index (χ3v) is 4.63. The third-order valence-electron chi connectivity index (χ3n) is 4.32. The second kappa shape index (κ2) is 4.31. The highest BCUT2D eigenvalue weighted by Crippen LogP contribution is 2.39. The first kappa shape index (κ1) is 11.4. The largest absolute Gasteiger partial charge is 0.237 e. The van der Waals surface area contributed by atoms with Crippen LogP contribution in [0.15, 0.2) is 24.3 Å². The standard InChI is InChI=1S/C16H15ClN2/c17-15-12-7-3-4-8-14(12)18-16(19-15)13-9-10-5-1-2-6-11(10)13/h1-2,5-6,13H,3-4,7-9H2. The zero-order chi connectivity index (χ0) is 12.8. The van der Waals surface area contributed by atoms with Gasteiger partial charge in [-0.1, -0.05) is 35.9 Å². The molecule has 2 aliphatic rings. The zero-order valence-corrected chi connectivity index (χ0v) is 11.5. The summed E-state index contributed by atoms with van der Waals surface area (Å²) in [5.41, 5.74) is 5.16. The molecule has 19 heavy (non-hydrogen) atoms. The minimum absolute atomic E-state index is 0.348. The minimum atomic E-state index is 0.348. The average molecular weight is 271 g/mol. The summed E-state index contributed by atoms with van der Waals surface area (Å²) in [6, 6.07) is 8.55. The van der Waals surface area contributed by atoms with Gasteiger partial charge in [0.1, 0.15) is 11.0 Å². The van der Waals surface area contributed by atoms with Gasteiger partial charge >= 0.3 is 0 Å². The predicted molar refractivity (Wildman–Crippen MR) is 75.7 cm³/mol. The van der Waals surface area contributed by atoms with Gasteiger partial charge in [0.2, 0.25) is 0 Å². The van der Waals surface area contributed by atoms with Crippen molar-refractivity contribution in [3.8, 4) is 0 Å². The van der Waals surface area contributed by atoms with Gasteiger partial charge in [0, 0.05) is 17.2 Å². The molecule has 96 valence electrons. The molecular weight excluding hydrogens is 256 g/mol. The maximum atomic E-state index is 6.35. The lowest BCUT2D eigenvalue weighted by Crippen LogP contribution is -2.22. The van der Waals surface area contributed by atoms with Gasteiger partial charge in [-0.25, -0.2) is 9.97 Å². The summed E-state index contributed by atoms with van der Waals surface area (Å²) in [7, 11) is 0. The molecule has 2 aromatic rings. The van der Waals surface area contributed by atoms with Gasteiger partial charge in [-0.05, 0) is 43.2 Å². The lowest BCUT2D eigenvalue weighted by Gasteiger charge is -2.29. The first-order valence-electron chi connectivity index (χ1n) is 6.96. The Kier molecular flexibility index (Phi) is 2.59. The van der Waals surface area contributed by atoms with E-state index in [0.29, 0.717) is 11.1 Å². The van der Waals surface area contributed by atoms with E-state index in [9.17, 15) is 0 Å². The fourth-order valence-electron chi connectivity index (χ4n) is 3.21. The van der Waals surface area contributed by atoms with E-state index >= 15 is 0 Å². The van der Waals surface area contributed by atoms with Crippen molar-refractivity contribution in [2.45, 2.75) is 38.0 Å². The van der Waals surface area contributed by atoms with Crippen LogP contribution in [0.5, 0.6) is 0 Å². The van der Waals surface area contributed by atoms with E-state index in [1.54, 1.807) is 0 Å². The molecule has 0 N–H and O–H groups in total. The second-order valence-corrected chi connectivity index (χ2v) is 5.82. The number of aromatic nitrogens is 2. The molecule has 2 nitrogen and oxygen atoms in total. The van der Waals surface area contributed by atoms with Crippen LogP contribution in [0.2, 0.25) is 5.15 Å². The number of benzene rings is 1. The summed E-state index contributed by atoms with van der Waals surface area (Å²) in [6.45, 7) is 0. The molecule has 1 heterocycles. The molecule has 1 atom stereocenters. The molecule has 0 radical (unpaired) electrons. The van der Waals surface area contributed by atoms with Crippen molar-refractivity contribution in [1.82, 2.24) is 9.97 Å². The molecule has 0 bridgehead atoms. The van der Waals surface area contributed by atoms with E-state index in [4.69, 9.17) is 16.6 Å². The van der Waals surface area contributed by atoms with Crippen LogP contribution in [0.4, 0.5) is 0 Å². The van der Waals surface area contributed by atoms with E-state index in [1.807, 2.05) is 0 Å². The van der Waals surface area contributed by atoms with Crippen molar-refractivity contribution in [3.05, 3.63) is 57.6 Å². The molecule has 0 saturated heterocycles. The highest BCUT2D eigenvalue weighted by Gasteiger charge is 2.30. The Bertz CT molecular complexity index is 651. The predicted octanol–water partition coefficient (Wildman–Crippen LogP) is 3.70. The van der Waals surface area contributed by atoms with Crippen LogP contribution in [-0.2, 0) is 19.3 Å². The van der Waals surface area contributed by atoms with Gasteiger partial charge in [-0.15, -0.1) is 0 Å². The highest BCUT2D eigenvalue weighted by atomic mass is 35.5. The first-order chi connectivity index (χ1) is 9.33. The highest BCUT2D eigenvalue weighted by molar-refractivity contribution is 6.30. The summed E-state index contributed by atoms with van der Waals surface area (Å²) in [5.74, 6) is 1.27. The van der Waals surface area contributed by atoms with Crippen molar-refractivity contribution in [1.29, 1.82) is 0 Å². The topological polar surface area (TPSA) is 25.8 Å². The van der Waals surface area contributed by atoms with Crippen LogP contribution in [0, 0.1) is 0 Å².